The Kier molecular flexibility index (Phi) is 4.12. The fraction of sp³-hybridized carbons (Fsp3) is 0.357. The third-order valence-electron chi connectivity index (χ3n) is 2.95. The second-order valence-electron chi connectivity index (χ2n) is 4.17. The molecule has 0 aliphatic carbocycles. The maximum Gasteiger partial charge on any atom is 0.258 e. The van der Waals surface area contributed by atoms with Gasteiger partial charge in [-0.05, 0) is 24.4 Å². The average Bonchev–Trinajstić information content (AvgIpc) is 2.41. The van der Waals surface area contributed by atoms with E-state index in [0.717, 1.165) is 10.8 Å². The van der Waals surface area contributed by atoms with Crippen molar-refractivity contribution < 1.29 is 4.74 Å². The molecule has 2 N–H and O–H groups in total. The molecule has 0 aliphatic heterocycles. The monoisotopic (exact) mass is 246 g/mol. The second-order valence-corrected chi connectivity index (χ2v) is 4.17. The van der Waals surface area contributed by atoms with Crippen molar-refractivity contribution in [3.05, 3.63) is 46.9 Å². The molecular weight excluding hydrogens is 228 g/mol. The summed E-state index contributed by atoms with van der Waals surface area (Å²) in [6, 6.07) is 9.51. The van der Waals surface area contributed by atoms with E-state index in [0.29, 0.717) is 19.7 Å². The molecular formula is C14H18N2O2. The summed E-state index contributed by atoms with van der Waals surface area (Å²) < 4.78 is 7.14. The van der Waals surface area contributed by atoms with Crippen molar-refractivity contribution >= 4 is 10.8 Å². The maximum absolute atomic E-state index is 12.3. The van der Waals surface area contributed by atoms with Crippen LogP contribution in [0.2, 0.25) is 0 Å². The first kappa shape index (κ1) is 12.8. The van der Waals surface area contributed by atoms with Crippen LogP contribution in [-0.2, 0) is 11.3 Å². The summed E-state index contributed by atoms with van der Waals surface area (Å²) in [5.74, 6) is 0. The van der Waals surface area contributed by atoms with Crippen molar-refractivity contribution in [2.24, 2.45) is 5.73 Å². The Bertz CT molecular complexity index is 577. The Labute approximate surface area is 106 Å². The summed E-state index contributed by atoms with van der Waals surface area (Å²) in [5, 5.41) is 1.69. The highest BCUT2D eigenvalue weighted by Gasteiger charge is 2.09. The lowest BCUT2D eigenvalue weighted by Gasteiger charge is -2.16. The van der Waals surface area contributed by atoms with Crippen LogP contribution in [0.4, 0.5) is 0 Å². The molecule has 1 aromatic carbocycles. The Morgan fingerprint density at radius 1 is 1.33 bits per heavy atom. The molecule has 96 valence electrons. The number of fused-ring (bicyclic) bond motifs is 1. The summed E-state index contributed by atoms with van der Waals surface area (Å²) in [7, 11) is 0. The van der Waals surface area contributed by atoms with Gasteiger partial charge in [-0.3, -0.25) is 4.79 Å². The highest BCUT2D eigenvalue weighted by atomic mass is 16.5. The van der Waals surface area contributed by atoms with Gasteiger partial charge in [0.1, 0.15) is 0 Å². The number of aromatic nitrogens is 1. The van der Waals surface area contributed by atoms with E-state index in [1.807, 2.05) is 37.3 Å². The van der Waals surface area contributed by atoms with Gasteiger partial charge in [-0.25, -0.2) is 0 Å². The fourth-order valence-electron chi connectivity index (χ4n) is 2.02. The van der Waals surface area contributed by atoms with Crippen LogP contribution in [-0.4, -0.2) is 23.8 Å². The number of pyridine rings is 1. The van der Waals surface area contributed by atoms with Crippen molar-refractivity contribution in [2.75, 3.05) is 13.2 Å². The lowest BCUT2D eigenvalue weighted by atomic mass is 10.2. The molecule has 2 rings (SSSR count). The molecule has 1 heterocycles. The van der Waals surface area contributed by atoms with Crippen LogP contribution in [0.15, 0.2) is 41.3 Å². The summed E-state index contributed by atoms with van der Waals surface area (Å²) in [6.07, 6.45) is 1.68. The van der Waals surface area contributed by atoms with Gasteiger partial charge in [0.05, 0.1) is 12.6 Å². The number of hydrogen-bond acceptors (Lipinski definition) is 3. The predicted octanol–water partition coefficient (Wildman–Crippen LogP) is 1.37. The zero-order valence-corrected chi connectivity index (χ0v) is 10.5. The smallest absolute Gasteiger partial charge is 0.258 e. The van der Waals surface area contributed by atoms with Gasteiger partial charge in [0.2, 0.25) is 0 Å². The summed E-state index contributed by atoms with van der Waals surface area (Å²) >= 11 is 0. The zero-order chi connectivity index (χ0) is 13.0. The topological polar surface area (TPSA) is 57.2 Å². The molecule has 0 radical (unpaired) electrons. The molecule has 4 nitrogen and oxygen atoms in total. The molecule has 18 heavy (non-hydrogen) atoms. The summed E-state index contributed by atoms with van der Waals surface area (Å²) in [6.45, 7) is 3.43. The first-order chi connectivity index (χ1) is 8.76. The SMILES string of the molecule is CCOC(CN)Cn1ccc2ccccc2c1=O. The van der Waals surface area contributed by atoms with Crippen molar-refractivity contribution in [2.45, 2.75) is 19.6 Å². The summed E-state index contributed by atoms with van der Waals surface area (Å²) in [5.41, 5.74) is 5.63. The van der Waals surface area contributed by atoms with Crippen molar-refractivity contribution in [3.63, 3.8) is 0 Å². The van der Waals surface area contributed by atoms with Crippen LogP contribution < -0.4 is 11.3 Å². The lowest BCUT2D eigenvalue weighted by Crippen LogP contribution is -2.33. The highest BCUT2D eigenvalue weighted by Crippen LogP contribution is 2.08. The van der Waals surface area contributed by atoms with Gasteiger partial charge in [-0.15, -0.1) is 0 Å². The van der Waals surface area contributed by atoms with Crippen molar-refractivity contribution in [1.29, 1.82) is 0 Å². The van der Waals surface area contributed by atoms with E-state index in [9.17, 15) is 4.79 Å². The minimum absolute atomic E-state index is 0.00579. The minimum Gasteiger partial charge on any atom is -0.375 e. The van der Waals surface area contributed by atoms with Crippen LogP contribution in [0.25, 0.3) is 10.8 Å². The standard InChI is InChI=1S/C14H18N2O2/c1-2-18-12(9-15)10-16-8-7-11-5-3-4-6-13(11)14(16)17/h3-8,12H,2,9-10,15H2,1H3. The summed E-state index contributed by atoms with van der Waals surface area (Å²) in [4.78, 5) is 12.3. The molecule has 1 atom stereocenters. The number of nitrogens with zero attached hydrogens (tertiary/aromatic N) is 1. The van der Waals surface area contributed by atoms with Crippen LogP contribution in [0.1, 0.15) is 6.92 Å². The van der Waals surface area contributed by atoms with Gasteiger partial charge in [0.15, 0.2) is 0 Å². The number of nitrogens with two attached hydrogens (primary N) is 1. The molecule has 1 aromatic heterocycles. The number of hydrogen-bond donors (Lipinski definition) is 1. The average molecular weight is 246 g/mol. The van der Waals surface area contributed by atoms with Gasteiger partial charge in [0.25, 0.3) is 5.56 Å². The molecule has 2 aromatic rings. The lowest BCUT2D eigenvalue weighted by molar-refractivity contribution is 0.0561. The largest absolute Gasteiger partial charge is 0.375 e. The Morgan fingerprint density at radius 2 is 2.11 bits per heavy atom. The molecule has 4 heteroatoms. The fourth-order valence-corrected chi connectivity index (χ4v) is 2.02. The van der Waals surface area contributed by atoms with Crippen LogP contribution in [0.3, 0.4) is 0 Å². The number of rotatable bonds is 5. The van der Waals surface area contributed by atoms with E-state index >= 15 is 0 Å². The molecule has 0 spiro atoms. The first-order valence-electron chi connectivity index (χ1n) is 6.16. The maximum atomic E-state index is 12.3. The predicted molar refractivity (Wildman–Crippen MR) is 72.7 cm³/mol. The molecule has 0 fully saturated rings. The quantitative estimate of drug-likeness (QED) is 0.866. The third-order valence-corrected chi connectivity index (χ3v) is 2.95. The minimum atomic E-state index is -0.117. The number of benzene rings is 1. The zero-order valence-electron chi connectivity index (χ0n) is 10.5. The molecule has 1 unspecified atom stereocenters. The van der Waals surface area contributed by atoms with Crippen LogP contribution in [0.5, 0.6) is 0 Å². The van der Waals surface area contributed by atoms with E-state index in [2.05, 4.69) is 0 Å². The van der Waals surface area contributed by atoms with E-state index < -0.39 is 0 Å². The molecule has 0 saturated heterocycles. The van der Waals surface area contributed by atoms with Gasteiger partial charge in [-0.2, -0.15) is 0 Å². The molecule has 0 bridgehead atoms. The van der Waals surface area contributed by atoms with Gasteiger partial charge in [0, 0.05) is 24.7 Å². The molecule has 0 saturated carbocycles. The molecule has 0 aliphatic rings. The highest BCUT2D eigenvalue weighted by molar-refractivity contribution is 5.81. The van der Waals surface area contributed by atoms with E-state index in [1.54, 1.807) is 10.8 Å². The van der Waals surface area contributed by atoms with Crippen LogP contribution >= 0.6 is 0 Å². The molecule has 0 amide bonds. The van der Waals surface area contributed by atoms with Gasteiger partial charge < -0.3 is 15.0 Å². The Hall–Kier alpha value is -1.65. The van der Waals surface area contributed by atoms with E-state index in [1.165, 1.54) is 0 Å². The normalized spacial score (nSPS) is 12.8. The number of ether oxygens (including phenoxy) is 1. The van der Waals surface area contributed by atoms with Gasteiger partial charge in [-0.1, -0.05) is 18.2 Å². The van der Waals surface area contributed by atoms with Gasteiger partial charge >= 0.3 is 0 Å². The first-order valence-corrected chi connectivity index (χ1v) is 6.16. The third kappa shape index (κ3) is 2.60. The van der Waals surface area contributed by atoms with E-state index in [4.69, 9.17) is 10.5 Å². The second kappa shape index (κ2) is 5.80. The van der Waals surface area contributed by atoms with Crippen molar-refractivity contribution in [3.8, 4) is 0 Å². The van der Waals surface area contributed by atoms with Crippen LogP contribution in [0, 0.1) is 0 Å². The Balaban J connectivity index is 2.34. The van der Waals surface area contributed by atoms with Crippen molar-refractivity contribution in [1.82, 2.24) is 4.57 Å². The van der Waals surface area contributed by atoms with E-state index in [-0.39, 0.29) is 11.7 Å². The Morgan fingerprint density at radius 3 is 2.83 bits per heavy atom.